The highest BCUT2D eigenvalue weighted by Gasteiger charge is 2.37. The molecule has 2 fully saturated rings. The van der Waals surface area contributed by atoms with Crippen molar-refractivity contribution in [2.75, 3.05) is 26.2 Å². The van der Waals surface area contributed by atoms with E-state index >= 15 is 0 Å². The lowest BCUT2D eigenvalue weighted by Gasteiger charge is -2.48. The Labute approximate surface area is 82.7 Å². The van der Waals surface area contributed by atoms with Gasteiger partial charge in [-0.2, -0.15) is 0 Å². The summed E-state index contributed by atoms with van der Waals surface area (Å²) in [6, 6.07) is 0. The van der Waals surface area contributed by atoms with E-state index in [1.165, 1.54) is 56.3 Å². The number of quaternary nitrogens is 1. The van der Waals surface area contributed by atoms with Gasteiger partial charge in [-0.1, -0.05) is 13.8 Å². The van der Waals surface area contributed by atoms with Gasteiger partial charge in [-0.25, -0.2) is 0 Å². The summed E-state index contributed by atoms with van der Waals surface area (Å²) in [5.74, 6) is 1.94. The standard InChI is InChI=1S/C12H24N/c1-11-6-9-13(10-12(11)2)7-4-3-5-8-13/h11-12H,3-10H2,1-2H3/q+1. The molecular formula is C12H24N+. The maximum atomic E-state index is 2.46. The van der Waals surface area contributed by atoms with Gasteiger partial charge in [-0.3, -0.25) is 0 Å². The summed E-state index contributed by atoms with van der Waals surface area (Å²) in [7, 11) is 0. The van der Waals surface area contributed by atoms with Crippen LogP contribution in [0.2, 0.25) is 0 Å². The van der Waals surface area contributed by atoms with Crippen molar-refractivity contribution in [2.24, 2.45) is 11.8 Å². The number of piperidine rings is 2. The number of hydrogen-bond donors (Lipinski definition) is 0. The van der Waals surface area contributed by atoms with E-state index in [1.807, 2.05) is 0 Å². The number of hydrogen-bond acceptors (Lipinski definition) is 0. The van der Waals surface area contributed by atoms with Gasteiger partial charge in [-0.05, 0) is 31.6 Å². The zero-order valence-electron chi connectivity index (χ0n) is 9.26. The fourth-order valence-electron chi connectivity index (χ4n) is 3.23. The van der Waals surface area contributed by atoms with Crippen LogP contribution in [0.4, 0.5) is 0 Å². The SMILES string of the molecule is CC1CC[N+]2(CCCCC2)CC1C. The first kappa shape index (κ1) is 9.51. The van der Waals surface area contributed by atoms with Crippen molar-refractivity contribution in [3.05, 3.63) is 0 Å². The van der Waals surface area contributed by atoms with Crippen LogP contribution < -0.4 is 0 Å². The Balaban J connectivity index is 1.99. The summed E-state index contributed by atoms with van der Waals surface area (Å²) in [5, 5.41) is 0. The molecule has 2 rings (SSSR count). The van der Waals surface area contributed by atoms with E-state index < -0.39 is 0 Å². The third kappa shape index (κ3) is 1.90. The molecule has 2 aliphatic heterocycles. The Morgan fingerprint density at radius 2 is 1.54 bits per heavy atom. The van der Waals surface area contributed by atoms with E-state index in [2.05, 4.69) is 13.8 Å². The van der Waals surface area contributed by atoms with Gasteiger partial charge < -0.3 is 4.48 Å². The fourth-order valence-corrected chi connectivity index (χ4v) is 3.23. The quantitative estimate of drug-likeness (QED) is 0.505. The van der Waals surface area contributed by atoms with E-state index in [0.717, 1.165) is 11.8 Å². The molecule has 2 saturated heterocycles. The van der Waals surface area contributed by atoms with Crippen LogP contribution in [0.3, 0.4) is 0 Å². The highest BCUT2D eigenvalue weighted by molar-refractivity contribution is 4.69. The third-order valence-corrected chi connectivity index (χ3v) is 4.47. The first-order chi connectivity index (χ1) is 6.22. The zero-order chi connectivity index (χ0) is 9.31. The van der Waals surface area contributed by atoms with Gasteiger partial charge in [-0.15, -0.1) is 0 Å². The van der Waals surface area contributed by atoms with Gasteiger partial charge in [0, 0.05) is 5.92 Å². The lowest BCUT2D eigenvalue weighted by molar-refractivity contribution is -0.941. The molecule has 0 radical (unpaired) electrons. The van der Waals surface area contributed by atoms with Crippen LogP contribution in [0.25, 0.3) is 0 Å². The first-order valence-electron chi connectivity index (χ1n) is 6.07. The van der Waals surface area contributed by atoms with Crippen molar-refractivity contribution in [1.29, 1.82) is 0 Å². The molecule has 2 heterocycles. The summed E-state index contributed by atoms with van der Waals surface area (Å²) in [6.45, 7) is 10.8. The summed E-state index contributed by atoms with van der Waals surface area (Å²) in [5.41, 5.74) is 0. The highest BCUT2D eigenvalue weighted by atomic mass is 15.4. The predicted octanol–water partition coefficient (Wildman–Crippen LogP) is 2.66. The molecule has 0 saturated carbocycles. The molecule has 1 heteroatoms. The highest BCUT2D eigenvalue weighted by Crippen LogP contribution is 2.31. The van der Waals surface area contributed by atoms with Gasteiger partial charge in [0.15, 0.2) is 0 Å². The molecule has 13 heavy (non-hydrogen) atoms. The van der Waals surface area contributed by atoms with Gasteiger partial charge in [0.1, 0.15) is 0 Å². The Kier molecular flexibility index (Phi) is 2.64. The Morgan fingerprint density at radius 1 is 0.846 bits per heavy atom. The van der Waals surface area contributed by atoms with Crippen LogP contribution in [0.1, 0.15) is 39.5 Å². The largest absolute Gasteiger partial charge is 0.323 e. The molecule has 1 spiro atoms. The van der Waals surface area contributed by atoms with E-state index in [1.54, 1.807) is 0 Å². The van der Waals surface area contributed by atoms with Crippen LogP contribution in [0.15, 0.2) is 0 Å². The normalized spacial score (nSPS) is 39.2. The van der Waals surface area contributed by atoms with Gasteiger partial charge in [0.2, 0.25) is 0 Å². The minimum Gasteiger partial charge on any atom is -0.323 e. The molecule has 2 atom stereocenters. The first-order valence-corrected chi connectivity index (χ1v) is 6.07. The van der Waals surface area contributed by atoms with Gasteiger partial charge in [0.25, 0.3) is 0 Å². The molecule has 0 aromatic heterocycles. The zero-order valence-corrected chi connectivity index (χ0v) is 9.26. The van der Waals surface area contributed by atoms with Crippen molar-refractivity contribution in [3.63, 3.8) is 0 Å². The monoisotopic (exact) mass is 182 g/mol. The van der Waals surface area contributed by atoms with Crippen molar-refractivity contribution in [3.8, 4) is 0 Å². The van der Waals surface area contributed by atoms with E-state index in [9.17, 15) is 0 Å². The van der Waals surface area contributed by atoms with Crippen LogP contribution in [-0.4, -0.2) is 30.7 Å². The summed E-state index contributed by atoms with van der Waals surface area (Å²) >= 11 is 0. The average Bonchev–Trinajstić information content (AvgIpc) is 2.14. The Morgan fingerprint density at radius 3 is 2.15 bits per heavy atom. The molecule has 2 unspecified atom stereocenters. The molecule has 0 amide bonds. The molecule has 0 aromatic carbocycles. The molecular weight excluding hydrogens is 158 g/mol. The van der Waals surface area contributed by atoms with Crippen molar-refractivity contribution in [1.82, 2.24) is 0 Å². The minimum absolute atomic E-state index is 0.965. The van der Waals surface area contributed by atoms with E-state index in [0.29, 0.717) is 0 Å². The second-order valence-corrected chi connectivity index (χ2v) is 5.50. The molecule has 0 aromatic rings. The van der Waals surface area contributed by atoms with Crippen LogP contribution in [0, 0.1) is 11.8 Å². The Hall–Kier alpha value is -0.0400. The molecule has 76 valence electrons. The van der Waals surface area contributed by atoms with E-state index in [4.69, 9.17) is 0 Å². The molecule has 0 aliphatic carbocycles. The molecule has 0 N–H and O–H groups in total. The summed E-state index contributed by atoms with van der Waals surface area (Å²) < 4.78 is 1.48. The average molecular weight is 182 g/mol. The topological polar surface area (TPSA) is 0 Å². The molecule has 1 nitrogen and oxygen atoms in total. The van der Waals surface area contributed by atoms with E-state index in [-0.39, 0.29) is 0 Å². The minimum atomic E-state index is 0.965. The van der Waals surface area contributed by atoms with Crippen molar-refractivity contribution in [2.45, 2.75) is 39.5 Å². The van der Waals surface area contributed by atoms with Crippen LogP contribution in [-0.2, 0) is 0 Å². The Bertz CT molecular complexity index is 170. The van der Waals surface area contributed by atoms with Gasteiger partial charge >= 0.3 is 0 Å². The van der Waals surface area contributed by atoms with Crippen LogP contribution >= 0.6 is 0 Å². The van der Waals surface area contributed by atoms with Crippen molar-refractivity contribution >= 4 is 0 Å². The number of nitrogens with zero attached hydrogens (tertiary/aromatic N) is 1. The maximum Gasteiger partial charge on any atom is 0.0815 e. The molecule has 0 bridgehead atoms. The van der Waals surface area contributed by atoms with Gasteiger partial charge in [0.05, 0.1) is 26.2 Å². The second kappa shape index (κ2) is 3.61. The maximum absolute atomic E-state index is 2.46. The van der Waals surface area contributed by atoms with Crippen molar-refractivity contribution < 1.29 is 4.48 Å². The third-order valence-electron chi connectivity index (χ3n) is 4.47. The smallest absolute Gasteiger partial charge is 0.0815 e. The summed E-state index contributed by atoms with van der Waals surface area (Å²) in [6.07, 6.45) is 5.94. The predicted molar refractivity (Wildman–Crippen MR) is 56.5 cm³/mol. The molecule has 2 aliphatic rings. The lowest BCUT2D eigenvalue weighted by atomic mass is 9.85. The second-order valence-electron chi connectivity index (χ2n) is 5.50. The summed E-state index contributed by atoms with van der Waals surface area (Å²) in [4.78, 5) is 0. The number of rotatable bonds is 0. The fraction of sp³-hybridized carbons (Fsp3) is 1.00. The lowest BCUT2D eigenvalue weighted by Crippen LogP contribution is -2.57. The van der Waals surface area contributed by atoms with Crippen LogP contribution in [0.5, 0.6) is 0 Å².